The Morgan fingerprint density at radius 2 is 2.15 bits per heavy atom. The number of aromatic nitrogens is 5. The number of imidazole rings is 2. The van der Waals surface area contributed by atoms with Crippen LogP contribution in [0.2, 0.25) is 0 Å². The molecule has 5 nitrogen and oxygen atoms in total. The fourth-order valence-corrected chi connectivity index (χ4v) is 3.28. The molecule has 96 valence electrons. The molecule has 0 saturated carbocycles. The highest BCUT2D eigenvalue weighted by atomic mass is 15.2. The molecule has 0 saturated heterocycles. The van der Waals surface area contributed by atoms with Gasteiger partial charge in [0.25, 0.3) is 12.0 Å². The van der Waals surface area contributed by atoms with E-state index in [1.807, 2.05) is 24.7 Å². The summed E-state index contributed by atoms with van der Waals surface area (Å²) in [5, 5.41) is 0. The maximum absolute atomic E-state index is 4.48. The number of hydrogen-bond acceptors (Lipinski definition) is 2. The molecule has 0 bridgehead atoms. The minimum absolute atomic E-state index is 0.847. The van der Waals surface area contributed by atoms with Crippen molar-refractivity contribution in [2.45, 2.75) is 6.54 Å². The lowest BCUT2D eigenvalue weighted by Crippen LogP contribution is -2.29. The minimum atomic E-state index is 0.847. The van der Waals surface area contributed by atoms with Gasteiger partial charge in [-0.1, -0.05) is 0 Å². The maximum atomic E-state index is 4.48. The summed E-state index contributed by atoms with van der Waals surface area (Å²) in [7, 11) is 2.09. The molecule has 5 rings (SSSR count). The highest BCUT2D eigenvalue weighted by Gasteiger charge is 2.32. The maximum Gasteiger partial charge on any atom is 0.255 e. The summed E-state index contributed by atoms with van der Waals surface area (Å²) in [6.45, 7) is 0.847. The van der Waals surface area contributed by atoms with Gasteiger partial charge in [-0.2, -0.15) is 4.40 Å². The summed E-state index contributed by atoms with van der Waals surface area (Å²) < 4.78 is 6.71. The Hall–Kier alpha value is -2.69. The van der Waals surface area contributed by atoms with Crippen molar-refractivity contribution in [2.75, 3.05) is 0 Å². The van der Waals surface area contributed by atoms with E-state index in [0.717, 1.165) is 17.8 Å². The van der Waals surface area contributed by atoms with E-state index >= 15 is 0 Å². The zero-order valence-corrected chi connectivity index (χ0v) is 11.0. The molecule has 0 atom stereocenters. The van der Waals surface area contributed by atoms with Crippen molar-refractivity contribution in [1.82, 2.24) is 18.9 Å². The van der Waals surface area contributed by atoms with Gasteiger partial charge in [0.1, 0.15) is 12.1 Å². The van der Waals surface area contributed by atoms with Crippen LogP contribution in [0.5, 0.6) is 0 Å². The van der Waals surface area contributed by atoms with Crippen LogP contribution in [-0.4, -0.2) is 18.9 Å². The molecular formula is C15H12N5+. The molecule has 1 aliphatic rings. The number of fused-ring (bicyclic) bond motifs is 7. The summed E-state index contributed by atoms with van der Waals surface area (Å²) in [4.78, 5) is 8.72. The van der Waals surface area contributed by atoms with Gasteiger partial charge in [0.15, 0.2) is 5.52 Å². The van der Waals surface area contributed by atoms with Gasteiger partial charge in [0.05, 0.1) is 17.5 Å². The van der Waals surface area contributed by atoms with E-state index in [1.165, 1.54) is 22.4 Å². The van der Waals surface area contributed by atoms with Crippen molar-refractivity contribution >= 4 is 16.7 Å². The molecule has 0 aromatic carbocycles. The van der Waals surface area contributed by atoms with Crippen molar-refractivity contribution in [3.63, 3.8) is 0 Å². The predicted molar refractivity (Wildman–Crippen MR) is 74.2 cm³/mol. The van der Waals surface area contributed by atoms with Gasteiger partial charge in [-0.15, -0.1) is 0 Å². The average molecular weight is 262 g/mol. The summed E-state index contributed by atoms with van der Waals surface area (Å²) in [5.74, 6) is 0. The molecule has 4 aromatic rings. The van der Waals surface area contributed by atoms with Gasteiger partial charge in [-0.3, -0.25) is 9.97 Å². The predicted octanol–water partition coefficient (Wildman–Crippen LogP) is 1.54. The minimum Gasteiger partial charge on any atom is -0.303 e. The number of aryl methyl sites for hydroxylation is 1. The number of hydrogen-bond donors (Lipinski definition) is 0. The van der Waals surface area contributed by atoms with Gasteiger partial charge in [0.2, 0.25) is 5.69 Å². The smallest absolute Gasteiger partial charge is 0.255 e. The molecule has 0 aliphatic carbocycles. The number of rotatable bonds is 0. The molecule has 5 heterocycles. The van der Waals surface area contributed by atoms with Crippen LogP contribution in [0, 0.1) is 0 Å². The van der Waals surface area contributed by atoms with Gasteiger partial charge < -0.3 is 4.57 Å². The quantitative estimate of drug-likeness (QED) is 0.397. The first-order valence-electron chi connectivity index (χ1n) is 6.62. The highest BCUT2D eigenvalue weighted by Crippen LogP contribution is 2.31. The molecule has 0 unspecified atom stereocenters. The molecule has 1 aliphatic heterocycles. The molecule has 0 N–H and O–H groups in total. The SMILES string of the molecule is Cn1c2cnccc2n2c[n+]3c(c12)-c1cccnc1C3. The van der Waals surface area contributed by atoms with E-state index in [9.17, 15) is 0 Å². The Kier molecular flexibility index (Phi) is 1.65. The van der Waals surface area contributed by atoms with Crippen LogP contribution in [0.3, 0.4) is 0 Å². The van der Waals surface area contributed by atoms with Crippen LogP contribution in [0.15, 0.2) is 43.1 Å². The van der Waals surface area contributed by atoms with Gasteiger partial charge in [-0.05, 0) is 12.1 Å². The normalized spacial score (nSPS) is 13.1. The Morgan fingerprint density at radius 3 is 3.10 bits per heavy atom. The molecular weight excluding hydrogens is 250 g/mol. The Morgan fingerprint density at radius 1 is 1.20 bits per heavy atom. The van der Waals surface area contributed by atoms with Crippen LogP contribution >= 0.6 is 0 Å². The third-order valence-corrected chi connectivity index (χ3v) is 4.16. The van der Waals surface area contributed by atoms with Crippen molar-refractivity contribution < 1.29 is 4.57 Å². The molecule has 4 aromatic heterocycles. The Balaban J connectivity index is 2.01. The molecule has 0 amide bonds. The first-order valence-corrected chi connectivity index (χ1v) is 6.62. The summed E-state index contributed by atoms with van der Waals surface area (Å²) in [6.07, 6.45) is 7.78. The van der Waals surface area contributed by atoms with Crippen molar-refractivity contribution in [2.24, 2.45) is 7.05 Å². The zero-order valence-electron chi connectivity index (χ0n) is 11.0. The van der Waals surface area contributed by atoms with Gasteiger partial charge in [-0.25, -0.2) is 4.57 Å². The average Bonchev–Trinajstić information content (AvgIpc) is 3.08. The highest BCUT2D eigenvalue weighted by molar-refractivity contribution is 5.86. The zero-order chi connectivity index (χ0) is 13.3. The van der Waals surface area contributed by atoms with Crippen molar-refractivity contribution in [1.29, 1.82) is 0 Å². The Bertz CT molecular complexity index is 992. The fourth-order valence-electron chi connectivity index (χ4n) is 3.28. The first kappa shape index (κ1) is 10.1. The molecule has 0 fully saturated rings. The van der Waals surface area contributed by atoms with E-state index < -0.39 is 0 Å². The first-order chi connectivity index (χ1) is 9.84. The van der Waals surface area contributed by atoms with E-state index in [-0.39, 0.29) is 0 Å². The van der Waals surface area contributed by atoms with Crippen LogP contribution in [0.4, 0.5) is 0 Å². The largest absolute Gasteiger partial charge is 0.303 e. The second-order valence-electron chi connectivity index (χ2n) is 5.21. The van der Waals surface area contributed by atoms with Crippen LogP contribution in [-0.2, 0) is 13.6 Å². The van der Waals surface area contributed by atoms with Gasteiger partial charge in [0, 0.05) is 25.5 Å². The van der Waals surface area contributed by atoms with Crippen LogP contribution < -0.4 is 4.57 Å². The molecule has 0 radical (unpaired) electrons. The molecule has 20 heavy (non-hydrogen) atoms. The van der Waals surface area contributed by atoms with E-state index in [1.54, 1.807) is 0 Å². The third kappa shape index (κ3) is 1.02. The fraction of sp³-hybridized carbons (Fsp3) is 0.133. The van der Waals surface area contributed by atoms with Crippen molar-refractivity contribution in [3.8, 4) is 11.3 Å². The van der Waals surface area contributed by atoms with E-state index in [4.69, 9.17) is 0 Å². The number of pyridine rings is 2. The van der Waals surface area contributed by atoms with E-state index in [2.05, 4.69) is 49.0 Å². The number of nitrogens with zero attached hydrogens (tertiary/aromatic N) is 5. The monoisotopic (exact) mass is 262 g/mol. The molecule has 0 spiro atoms. The summed E-state index contributed by atoms with van der Waals surface area (Å²) >= 11 is 0. The topological polar surface area (TPSA) is 39.0 Å². The van der Waals surface area contributed by atoms with Crippen molar-refractivity contribution in [3.05, 3.63) is 48.8 Å². The second-order valence-corrected chi connectivity index (χ2v) is 5.21. The van der Waals surface area contributed by atoms with Crippen LogP contribution in [0.1, 0.15) is 5.69 Å². The van der Waals surface area contributed by atoms with Crippen LogP contribution in [0.25, 0.3) is 27.9 Å². The second kappa shape index (κ2) is 3.25. The standard InChI is InChI=1S/C15H12N5/c1-18-13-7-16-6-4-12(13)20-9-19-8-11-10(3-2-5-17-11)14(19)15(18)20/h2-7,9H,8H2,1H3/q+1. The van der Waals surface area contributed by atoms with E-state index in [0.29, 0.717) is 0 Å². The summed E-state index contributed by atoms with van der Waals surface area (Å²) in [5.41, 5.74) is 7.14. The Labute approximate surface area is 114 Å². The summed E-state index contributed by atoms with van der Waals surface area (Å²) in [6, 6.07) is 6.21. The lowest BCUT2D eigenvalue weighted by Gasteiger charge is -1.95. The third-order valence-electron chi connectivity index (χ3n) is 4.16. The lowest BCUT2D eigenvalue weighted by atomic mass is 10.2. The lowest BCUT2D eigenvalue weighted by molar-refractivity contribution is -0.671. The molecule has 5 heteroatoms. The van der Waals surface area contributed by atoms with Gasteiger partial charge >= 0.3 is 0 Å².